The van der Waals surface area contributed by atoms with Gasteiger partial charge in [-0.3, -0.25) is 14.5 Å². The van der Waals surface area contributed by atoms with Crippen molar-refractivity contribution in [1.82, 2.24) is 20.0 Å². The number of piperidine rings is 1. The zero-order valence-electron chi connectivity index (χ0n) is 22.4. The van der Waals surface area contributed by atoms with Gasteiger partial charge in [0, 0.05) is 44.6 Å². The molecule has 1 saturated carbocycles. The number of nitrogens with one attached hydrogen (secondary N) is 1. The van der Waals surface area contributed by atoms with Crippen molar-refractivity contribution < 1.29 is 19.1 Å². The molecule has 4 fully saturated rings. The molecule has 0 radical (unpaired) electrons. The number of carbonyl (C=O) groups excluding carboxylic acids is 3. The molecule has 3 aliphatic heterocycles. The maximum Gasteiger partial charge on any atom is 0.325 e. The van der Waals surface area contributed by atoms with Gasteiger partial charge in [0.05, 0.1) is 13.7 Å². The van der Waals surface area contributed by atoms with Crippen LogP contribution in [-0.2, 0) is 16.1 Å². The van der Waals surface area contributed by atoms with E-state index in [1.807, 2.05) is 30.3 Å². The van der Waals surface area contributed by atoms with Crippen LogP contribution in [0.2, 0.25) is 0 Å². The Balaban J connectivity index is 0.00000308. The van der Waals surface area contributed by atoms with Gasteiger partial charge < -0.3 is 19.9 Å². The molecule has 1 N–H and O–H groups in total. The molecule has 2 aromatic rings. The van der Waals surface area contributed by atoms with Crippen LogP contribution in [0, 0.1) is 11.8 Å². The van der Waals surface area contributed by atoms with Crippen molar-refractivity contribution in [2.24, 2.45) is 11.8 Å². The Morgan fingerprint density at radius 1 is 1.00 bits per heavy atom. The number of benzene rings is 2. The molecule has 0 unspecified atom stereocenters. The van der Waals surface area contributed by atoms with Gasteiger partial charge in [-0.25, -0.2) is 4.79 Å². The number of halogens is 1. The summed E-state index contributed by atoms with van der Waals surface area (Å²) in [6, 6.07) is 17.7. The second-order valence-corrected chi connectivity index (χ2v) is 11.3. The number of hydrogen-bond acceptors (Lipinski definition) is 5. The predicted octanol–water partition coefficient (Wildman–Crippen LogP) is 3.66. The van der Waals surface area contributed by atoms with Gasteiger partial charge in [0.1, 0.15) is 11.3 Å². The Morgan fingerprint density at radius 2 is 1.69 bits per heavy atom. The summed E-state index contributed by atoms with van der Waals surface area (Å²) < 4.78 is 5.21. The molecule has 6 rings (SSSR count). The minimum absolute atomic E-state index is 0. The minimum Gasteiger partial charge on any atom is -0.497 e. The zero-order valence-corrected chi connectivity index (χ0v) is 23.2. The Bertz CT molecular complexity index is 1200. The van der Waals surface area contributed by atoms with E-state index in [1.165, 1.54) is 10.5 Å². The number of urea groups is 1. The monoisotopic (exact) mass is 552 g/mol. The van der Waals surface area contributed by atoms with E-state index in [1.54, 1.807) is 7.11 Å². The number of nitrogens with zero attached hydrogens (tertiary/aromatic N) is 3. The third-order valence-electron chi connectivity index (χ3n) is 8.85. The van der Waals surface area contributed by atoms with E-state index >= 15 is 0 Å². The number of amides is 4. The van der Waals surface area contributed by atoms with E-state index in [9.17, 15) is 14.4 Å². The third-order valence-corrected chi connectivity index (χ3v) is 8.85. The zero-order chi connectivity index (χ0) is 26.3. The van der Waals surface area contributed by atoms with Crippen LogP contribution in [0.25, 0.3) is 0 Å². The lowest BCUT2D eigenvalue weighted by Crippen LogP contribution is -2.55. The van der Waals surface area contributed by atoms with Crippen molar-refractivity contribution in [2.75, 3.05) is 39.8 Å². The largest absolute Gasteiger partial charge is 0.497 e. The molecule has 8 nitrogen and oxygen atoms in total. The summed E-state index contributed by atoms with van der Waals surface area (Å²) in [7, 11) is 1.61. The maximum atomic E-state index is 13.5. The molecule has 3 saturated heterocycles. The number of imide groups is 1. The smallest absolute Gasteiger partial charge is 0.325 e. The molecule has 4 aliphatic rings. The van der Waals surface area contributed by atoms with Crippen molar-refractivity contribution in [3.63, 3.8) is 0 Å². The quantitative estimate of drug-likeness (QED) is 0.530. The van der Waals surface area contributed by atoms with Crippen molar-refractivity contribution in [3.8, 4) is 5.75 Å². The van der Waals surface area contributed by atoms with Crippen LogP contribution in [0.3, 0.4) is 0 Å². The summed E-state index contributed by atoms with van der Waals surface area (Å²) in [5, 5.41) is 3.04. The summed E-state index contributed by atoms with van der Waals surface area (Å²) in [5.74, 6) is 1.85. The van der Waals surface area contributed by atoms with Gasteiger partial charge in [0.15, 0.2) is 0 Å². The number of methoxy groups -OCH3 is 1. The Labute approximate surface area is 236 Å². The third kappa shape index (κ3) is 5.50. The number of hydrogen-bond donors (Lipinski definition) is 1. The van der Waals surface area contributed by atoms with Gasteiger partial charge in [-0.2, -0.15) is 0 Å². The maximum absolute atomic E-state index is 13.5. The first kappa shape index (κ1) is 27.5. The Kier molecular flexibility index (Phi) is 7.87. The molecule has 0 aromatic heterocycles. The van der Waals surface area contributed by atoms with Crippen LogP contribution in [0.5, 0.6) is 5.75 Å². The normalized spacial score (nSPS) is 24.5. The average Bonchev–Trinajstić information content (AvgIpc) is 3.68. The molecule has 39 heavy (non-hydrogen) atoms. The van der Waals surface area contributed by atoms with Crippen LogP contribution in [-0.4, -0.2) is 77.9 Å². The molecule has 4 amide bonds. The molecule has 3 heterocycles. The fraction of sp³-hybridized carbons (Fsp3) is 0.500. The second-order valence-electron chi connectivity index (χ2n) is 11.3. The lowest BCUT2D eigenvalue weighted by Gasteiger charge is -2.38. The molecule has 208 valence electrons. The van der Waals surface area contributed by atoms with E-state index in [0.29, 0.717) is 30.6 Å². The number of likely N-dealkylation sites (tertiary alicyclic amines) is 2. The highest BCUT2D eigenvalue weighted by Gasteiger charge is 2.52. The molecular weight excluding hydrogens is 516 g/mol. The van der Waals surface area contributed by atoms with E-state index in [4.69, 9.17) is 4.74 Å². The van der Waals surface area contributed by atoms with Crippen molar-refractivity contribution in [1.29, 1.82) is 0 Å². The summed E-state index contributed by atoms with van der Waals surface area (Å²) in [5.41, 5.74) is 1.37. The summed E-state index contributed by atoms with van der Waals surface area (Å²) in [6.45, 7) is 4.22. The molecule has 1 spiro atoms. The van der Waals surface area contributed by atoms with Crippen molar-refractivity contribution in [3.05, 3.63) is 65.7 Å². The van der Waals surface area contributed by atoms with E-state index in [0.717, 1.165) is 56.9 Å². The number of ether oxygens (including phenoxy) is 1. The standard InChI is InChI=1S/C30H36N4O4.ClH/c1-38-25-11-7-21(8-12-25)17-34-28(36)30(31-29(34)37)13-15-32(16-14-30)18-24-19-33(27(35)23-9-10-23)20-26(24)22-5-3-2-4-6-22;/h2-8,11-12,23-24,26H,9-10,13-20H2,1H3,(H,31,37);1H/t24-,26+;/m0./s1. The van der Waals surface area contributed by atoms with Crippen LogP contribution >= 0.6 is 12.4 Å². The number of carbonyl (C=O) groups is 3. The minimum atomic E-state index is -0.817. The van der Waals surface area contributed by atoms with Crippen LogP contribution in [0.15, 0.2) is 54.6 Å². The first-order valence-corrected chi connectivity index (χ1v) is 13.8. The molecular formula is C30H37ClN4O4. The predicted molar refractivity (Wildman–Crippen MR) is 150 cm³/mol. The fourth-order valence-electron chi connectivity index (χ4n) is 6.42. The first-order chi connectivity index (χ1) is 18.5. The Morgan fingerprint density at radius 3 is 2.33 bits per heavy atom. The average molecular weight is 553 g/mol. The molecule has 0 bridgehead atoms. The summed E-state index contributed by atoms with van der Waals surface area (Å²) >= 11 is 0. The highest BCUT2D eigenvalue weighted by Crippen LogP contribution is 2.39. The molecule has 9 heteroatoms. The highest BCUT2D eigenvalue weighted by atomic mass is 35.5. The van der Waals surface area contributed by atoms with Gasteiger partial charge in [0.25, 0.3) is 5.91 Å². The molecule has 2 atom stereocenters. The fourth-order valence-corrected chi connectivity index (χ4v) is 6.42. The van der Waals surface area contributed by atoms with E-state index in [-0.39, 0.29) is 36.8 Å². The summed E-state index contributed by atoms with van der Waals surface area (Å²) in [4.78, 5) is 45.0. The van der Waals surface area contributed by atoms with Gasteiger partial charge in [-0.15, -0.1) is 12.4 Å². The topological polar surface area (TPSA) is 82.2 Å². The van der Waals surface area contributed by atoms with Gasteiger partial charge >= 0.3 is 6.03 Å². The second kappa shape index (κ2) is 11.2. The van der Waals surface area contributed by atoms with E-state index < -0.39 is 5.54 Å². The molecule has 1 aliphatic carbocycles. The van der Waals surface area contributed by atoms with Crippen LogP contribution < -0.4 is 10.1 Å². The van der Waals surface area contributed by atoms with Gasteiger partial charge in [-0.1, -0.05) is 42.5 Å². The SMILES string of the molecule is COc1ccc(CN2C(=O)NC3(CCN(C[C@H]4CN(C(=O)C5CC5)C[C@@H]4c4ccccc4)CC3)C2=O)cc1.Cl. The number of rotatable bonds is 7. The van der Waals surface area contributed by atoms with Crippen LogP contribution in [0.1, 0.15) is 42.7 Å². The van der Waals surface area contributed by atoms with Crippen molar-refractivity contribution >= 4 is 30.3 Å². The van der Waals surface area contributed by atoms with E-state index in [2.05, 4.69) is 39.4 Å². The van der Waals surface area contributed by atoms with Crippen molar-refractivity contribution in [2.45, 2.75) is 43.7 Å². The molecule has 2 aromatic carbocycles. The van der Waals surface area contributed by atoms with Gasteiger partial charge in [0.2, 0.25) is 5.91 Å². The van der Waals surface area contributed by atoms with Crippen LogP contribution in [0.4, 0.5) is 4.79 Å². The lowest BCUT2D eigenvalue weighted by molar-refractivity contribution is -0.133. The lowest BCUT2D eigenvalue weighted by atomic mass is 9.85. The summed E-state index contributed by atoms with van der Waals surface area (Å²) in [6.07, 6.45) is 3.26. The first-order valence-electron chi connectivity index (χ1n) is 13.8. The highest BCUT2D eigenvalue weighted by molar-refractivity contribution is 6.07. The Hall–Kier alpha value is -3.10. The van der Waals surface area contributed by atoms with Gasteiger partial charge in [-0.05, 0) is 54.9 Å².